The van der Waals surface area contributed by atoms with Gasteiger partial charge >= 0.3 is 5.97 Å². The number of benzene rings is 2. The molecule has 1 aliphatic heterocycles. The van der Waals surface area contributed by atoms with E-state index in [4.69, 9.17) is 9.73 Å². The Labute approximate surface area is 211 Å². The molecule has 2 aromatic rings. The quantitative estimate of drug-likeness (QED) is 0.315. The van der Waals surface area contributed by atoms with Crippen LogP contribution in [0.5, 0.6) is 0 Å². The van der Waals surface area contributed by atoms with Crippen molar-refractivity contribution in [1.82, 2.24) is 4.90 Å². The van der Waals surface area contributed by atoms with Crippen molar-refractivity contribution in [2.45, 2.75) is 57.6 Å². The van der Waals surface area contributed by atoms with Crippen LogP contribution in [0.25, 0.3) is 0 Å². The lowest BCUT2D eigenvalue weighted by atomic mass is 10.1. The van der Waals surface area contributed by atoms with Crippen LogP contribution in [0.2, 0.25) is 0 Å². The molecule has 1 N–H and O–H groups in total. The molecule has 2 aromatic carbocycles. The van der Waals surface area contributed by atoms with E-state index < -0.39 is 11.2 Å². The Bertz CT molecular complexity index is 1020. The smallest absolute Gasteiger partial charge is 0.338 e. The van der Waals surface area contributed by atoms with Gasteiger partial charge in [0.15, 0.2) is 5.17 Å². The fourth-order valence-corrected chi connectivity index (χ4v) is 4.80. The number of thioether (sulfide) groups is 1. The Kier molecular flexibility index (Phi) is 10.3. The van der Waals surface area contributed by atoms with Gasteiger partial charge in [-0.3, -0.25) is 14.5 Å². The standard InChI is InChI=1S/C27H33N3O4S/c1-3-5-6-7-11-18-30-24(31)19-23(35-27(30)29-21-12-9-8-10-13-21)25(32)28-22-16-14-20(15-17-22)26(33)34-4-2/h8-10,12-17,23H,3-7,11,18-19H2,1-2H3,(H,28,32). The summed E-state index contributed by atoms with van der Waals surface area (Å²) in [6.45, 7) is 4.83. The van der Waals surface area contributed by atoms with Crippen LogP contribution >= 0.6 is 11.8 Å². The first-order valence-electron chi connectivity index (χ1n) is 12.2. The third-order valence-corrected chi connectivity index (χ3v) is 6.75. The fraction of sp³-hybridized carbons (Fsp3) is 0.407. The number of amides is 2. The summed E-state index contributed by atoms with van der Waals surface area (Å²) >= 11 is 1.32. The highest BCUT2D eigenvalue weighted by Gasteiger charge is 2.35. The minimum atomic E-state index is -0.592. The first-order valence-corrected chi connectivity index (χ1v) is 13.1. The highest BCUT2D eigenvalue weighted by atomic mass is 32.2. The monoisotopic (exact) mass is 495 g/mol. The Balaban J connectivity index is 1.69. The van der Waals surface area contributed by atoms with Crippen molar-refractivity contribution in [1.29, 1.82) is 0 Å². The molecule has 0 saturated carbocycles. The van der Waals surface area contributed by atoms with Crippen LogP contribution in [-0.2, 0) is 14.3 Å². The number of esters is 1. The van der Waals surface area contributed by atoms with Gasteiger partial charge in [0.1, 0.15) is 5.25 Å². The Morgan fingerprint density at radius 3 is 2.43 bits per heavy atom. The largest absolute Gasteiger partial charge is 0.462 e. The maximum absolute atomic E-state index is 13.1. The van der Waals surface area contributed by atoms with Gasteiger partial charge < -0.3 is 10.1 Å². The average Bonchev–Trinajstić information content (AvgIpc) is 2.86. The zero-order valence-corrected chi connectivity index (χ0v) is 21.2. The zero-order chi connectivity index (χ0) is 25.0. The molecule has 0 spiro atoms. The Morgan fingerprint density at radius 1 is 1.03 bits per heavy atom. The van der Waals surface area contributed by atoms with Crippen LogP contribution in [0.15, 0.2) is 59.6 Å². The number of hydrogen-bond donors (Lipinski definition) is 1. The summed E-state index contributed by atoms with van der Waals surface area (Å²) in [5.74, 6) is -0.766. The topological polar surface area (TPSA) is 88.1 Å². The van der Waals surface area contributed by atoms with Gasteiger partial charge in [0.2, 0.25) is 11.8 Å². The molecule has 1 fully saturated rings. The molecule has 7 nitrogen and oxygen atoms in total. The van der Waals surface area contributed by atoms with Crippen LogP contribution in [0.4, 0.5) is 11.4 Å². The number of ether oxygens (including phenoxy) is 1. The summed E-state index contributed by atoms with van der Waals surface area (Å²) in [5.41, 5.74) is 1.71. The van der Waals surface area contributed by atoms with Crippen molar-refractivity contribution in [2.24, 2.45) is 4.99 Å². The number of nitrogens with zero attached hydrogens (tertiary/aromatic N) is 2. The molecule has 0 aliphatic carbocycles. The molecule has 0 radical (unpaired) electrons. The first kappa shape index (κ1) is 26.5. The van der Waals surface area contributed by atoms with E-state index in [-0.39, 0.29) is 18.2 Å². The van der Waals surface area contributed by atoms with E-state index in [9.17, 15) is 14.4 Å². The summed E-state index contributed by atoms with van der Waals surface area (Å²) in [5, 5.41) is 2.82. The van der Waals surface area contributed by atoms with Crippen LogP contribution in [-0.4, -0.2) is 46.3 Å². The van der Waals surface area contributed by atoms with Crippen molar-refractivity contribution in [3.05, 3.63) is 60.2 Å². The second kappa shape index (κ2) is 13.7. The molecule has 2 amide bonds. The maximum atomic E-state index is 13.1. The van der Waals surface area contributed by atoms with Crippen LogP contribution in [0.3, 0.4) is 0 Å². The molecule has 1 unspecified atom stereocenters. The Morgan fingerprint density at radius 2 is 1.74 bits per heavy atom. The number of para-hydroxylation sites is 1. The molecule has 1 aliphatic rings. The van der Waals surface area contributed by atoms with E-state index in [1.807, 2.05) is 30.3 Å². The number of unbranched alkanes of at least 4 members (excludes halogenated alkanes) is 4. The lowest BCUT2D eigenvalue weighted by Crippen LogP contribution is -2.45. The van der Waals surface area contributed by atoms with Gasteiger partial charge in [-0.2, -0.15) is 0 Å². The average molecular weight is 496 g/mol. The fourth-order valence-electron chi connectivity index (χ4n) is 3.67. The molecule has 0 aromatic heterocycles. The number of nitrogens with one attached hydrogen (secondary N) is 1. The van der Waals surface area contributed by atoms with Crippen molar-refractivity contribution >= 4 is 46.1 Å². The van der Waals surface area contributed by atoms with E-state index in [0.29, 0.717) is 29.6 Å². The van der Waals surface area contributed by atoms with Gasteiger partial charge in [-0.05, 0) is 49.7 Å². The number of anilines is 1. The number of carbonyl (C=O) groups is 3. The SMILES string of the molecule is CCCCCCCN1C(=O)CC(C(=O)Nc2ccc(C(=O)OCC)cc2)SC1=Nc1ccccc1. The van der Waals surface area contributed by atoms with E-state index in [1.165, 1.54) is 24.6 Å². The number of amidine groups is 1. The van der Waals surface area contributed by atoms with Gasteiger partial charge in [0.05, 0.1) is 17.9 Å². The number of aliphatic imine (C=N–C) groups is 1. The van der Waals surface area contributed by atoms with Crippen LogP contribution < -0.4 is 5.32 Å². The molecular formula is C27H33N3O4S. The van der Waals surface area contributed by atoms with Gasteiger partial charge in [-0.1, -0.05) is 62.6 Å². The molecule has 1 saturated heterocycles. The third-order valence-electron chi connectivity index (χ3n) is 5.56. The summed E-state index contributed by atoms with van der Waals surface area (Å²) < 4.78 is 4.99. The van der Waals surface area contributed by atoms with Crippen LogP contribution in [0.1, 0.15) is 62.7 Å². The molecule has 1 heterocycles. The molecule has 8 heteroatoms. The van der Waals surface area contributed by atoms with Gasteiger partial charge in [-0.25, -0.2) is 9.79 Å². The minimum Gasteiger partial charge on any atom is -0.462 e. The lowest BCUT2D eigenvalue weighted by Gasteiger charge is -2.31. The van der Waals surface area contributed by atoms with E-state index in [1.54, 1.807) is 36.1 Å². The van der Waals surface area contributed by atoms with Crippen molar-refractivity contribution in [2.75, 3.05) is 18.5 Å². The van der Waals surface area contributed by atoms with Crippen molar-refractivity contribution in [3.8, 4) is 0 Å². The van der Waals surface area contributed by atoms with E-state index in [0.717, 1.165) is 24.9 Å². The summed E-state index contributed by atoms with van der Waals surface area (Å²) in [4.78, 5) is 44.4. The molecule has 3 rings (SSSR count). The maximum Gasteiger partial charge on any atom is 0.338 e. The summed E-state index contributed by atoms with van der Waals surface area (Å²) in [6, 6.07) is 16.0. The molecule has 35 heavy (non-hydrogen) atoms. The predicted molar refractivity (Wildman–Crippen MR) is 141 cm³/mol. The molecular weight excluding hydrogens is 462 g/mol. The highest BCUT2D eigenvalue weighted by Crippen LogP contribution is 2.30. The van der Waals surface area contributed by atoms with Crippen LogP contribution in [0, 0.1) is 0 Å². The number of carbonyl (C=O) groups excluding carboxylic acids is 3. The molecule has 1 atom stereocenters. The predicted octanol–water partition coefficient (Wildman–Crippen LogP) is 5.79. The second-order valence-corrected chi connectivity index (χ2v) is 9.46. The van der Waals surface area contributed by atoms with Gasteiger partial charge in [-0.15, -0.1) is 0 Å². The normalized spacial score (nSPS) is 16.9. The van der Waals surface area contributed by atoms with Gasteiger partial charge in [0, 0.05) is 18.7 Å². The third kappa shape index (κ3) is 7.96. The van der Waals surface area contributed by atoms with Crippen molar-refractivity contribution in [3.63, 3.8) is 0 Å². The summed E-state index contributed by atoms with van der Waals surface area (Å²) in [7, 11) is 0. The van der Waals surface area contributed by atoms with Crippen molar-refractivity contribution < 1.29 is 19.1 Å². The van der Waals surface area contributed by atoms with E-state index >= 15 is 0 Å². The van der Waals surface area contributed by atoms with E-state index in [2.05, 4.69) is 12.2 Å². The summed E-state index contributed by atoms with van der Waals surface area (Å²) in [6.07, 6.45) is 5.59. The Hall–Kier alpha value is -3.13. The molecule has 0 bridgehead atoms. The zero-order valence-electron chi connectivity index (χ0n) is 20.4. The minimum absolute atomic E-state index is 0.0910. The first-order chi connectivity index (χ1) is 17.0. The van der Waals surface area contributed by atoms with Gasteiger partial charge in [0.25, 0.3) is 0 Å². The molecule has 186 valence electrons. The second-order valence-electron chi connectivity index (χ2n) is 8.29. The number of rotatable bonds is 11. The number of hydrogen-bond acceptors (Lipinski definition) is 6. The lowest BCUT2D eigenvalue weighted by molar-refractivity contribution is -0.129. The highest BCUT2D eigenvalue weighted by molar-refractivity contribution is 8.15.